The van der Waals surface area contributed by atoms with E-state index in [4.69, 9.17) is 19.3 Å². The van der Waals surface area contributed by atoms with Gasteiger partial charge < -0.3 is 0 Å². The second-order valence-electron chi connectivity index (χ2n) is 9.58. The standard InChI is InChI=1S/C34H20N4S/c1-3-9-21(10-4-1)31-26-13-7-8-14-28(26)36-34(37-31)23-15-17-25-29(19-23)35-32(22-11-5-2-6-12-22)27-18-16-24-20-39-38-33(24)30(25)27/h1-20H. The smallest absolute Gasteiger partial charge is 0.160 e. The van der Waals surface area contributed by atoms with Crippen LogP contribution >= 0.6 is 11.5 Å². The highest BCUT2D eigenvalue weighted by atomic mass is 32.1. The molecule has 0 saturated carbocycles. The van der Waals surface area contributed by atoms with E-state index in [0.717, 1.165) is 71.6 Å². The Morgan fingerprint density at radius 3 is 1.97 bits per heavy atom. The van der Waals surface area contributed by atoms with Gasteiger partial charge in [-0.2, -0.15) is 4.37 Å². The summed E-state index contributed by atoms with van der Waals surface area (Å²) in [5.41, 5.74) is 7.80. The van der Waals surface area contributed by atoms with Crippen LogP contribution in [0.25, 0.3) is 77.4 Å². The summed E-state index contributed by atoms with van der Waals surface area (Å²) in [7, 11) is 0. The molecule has 0 saturated heterocycles. The molecule has 0 unspecified atom stereocenters. The number of nitrogens with zero attached hydrogens (tertiary/aromatic N) is 4. The Bertz CT molecular complexity index is 2170. The second kappa shape index (κ2) is 8.79. The predicted molar refractivity (Wildman–Crippen MR) is 162 cm³/mol. The lowest BCUT2D eigenvalue weighted by atomic mass is 9.97. The molecule has 0 fully saturated rings. The van der Waals surface area contributed by atoms with Gasteiger partial charge in [0.1, 0.15) is 0 Å². The summed E-state index contributed by atoms with van der Waals surface area (Å²) in [5.74, 6) is 0.685. The Labute approximate surface area is 228 Å². The molecule has 3 aromatic heterocycles. The first kappa shape index (κ1) is 22.0. The molecule has 0 aliphatic carbocycles. The van der Waals surface area contributed by atoms with Crippen LogP contribution in [0.5, 0.6) is 0 Å². The number of benzene rings is 5. The van der Waals surface area contributed by atoms with Gasteiger partial charge in [0.15, 0.2) is 5.82 Å². The van der Waals surface area contributed by atoms with Gasteiger partial charge in [-0.15, -0.1) is 0 Å². The maximum atomic E-state index is 5.21. The zero-order valence-electron chi connectivity index (χ0n) is 20.7. The predicted octanol–water partition coefficient (Wildman–Crippen LogP) is 8.94. The van der Waals surface area contributed by atoms with Crippen molar-refractivity contribution in [2.24, 2.45) is 0 Å². The fraction of sp³-hybridized carbons (Fsp3) is 0. The van der Waals surface area contributed by atoms with Crippen LogP contribution < -0.4 is 0 Å². The van der Waals surface area contributed by atoms with Crippen molar-refractivity contribution in [2.45, 2.75) is 0 Å². The Balaban J connectivity index is 1.42. The highest BCUT2D eigenvalue weighted by Crippen LogP contribution is 2.38. The maximum absolute atomic E-state index is 5.21. The number of para-hydroxylation sites is 1. The molecule has 0 aliphatic heterocycles. The van der Waals surface area contributed by atoms with E-state index in [1.165, 1.54) is 11.5 Å². The molecular weight excluding hydrogens is 496 g/mol. The van der Waals surface area contributed by atoms with E-state index in [1.54, 1.807) is 0 Å². The first-order valence-electron chi connectivity index (χ1n) is 12.8. The van der Waals surface area contributed by atoms with Gasteiger partial charge >= 0.3 is 0 Å². The summed E-state index contributed by atoms with van der Waals surface area (Å²) >= 11 is 1.49. The van der Waals surface area contributed by atoms with Crippen molar-refractivity contribution in [3.05, 3.63) is 121 Å². The summed E-state index contributed by atoms with van der Waals surface area (Å²) in [6, 6.07) is 39.5. The molecule has 5 heteroatoms. The first-order valence-corrected chi connectivity index (χ1v) is 13.7. The molecule has 5 aromatic carbocycles. The first-order chi connectivity index (χ1) is 19.3. The van der Waals surface area contributed by atoms with E-state index in [-0.39, 0.29) is 0 Å². The summed E-state index contributed by atoms with van der Waals surface area (Å²) in [6.07, 6.45) is 0. The van der Waals surface area contributed by atoms with Crippen molar-refractivity contribution in [3.8, 4) is 33.9 Å². The van der Waals surface area contributed by atoms with Gasteiger partial charge in [0, 0.05) is 49.0 Å². The fourth-order valence-corrected chi connectivity index (χ4v) is 6.06. The Morgan fingerprint density at radius 1 is 0.487 bits per heavy atom. The fourth-order valence-electron chi connectivity index (χ4n) is 5.40. The van der Waals surface area contributed by atoms with E-state index >= 15 is 0 Å². The normalized spacial score (nSPS) is 11.6. The van der Waals surface area contributed by atoms with Crippen molar-refractivity contribution in [3.63, 3.8) is 0 Å². The van der Waals surface area contributed by atoms with Crippen LogP contribution in [-0.4, -0.2) is 19.3 Å². The summed E-state index contributed by atoms with van der Waals surface area (Å²) in [4.78, 5) is 15.3. The molecule has 0 spiro atoms. The SMILES string of the molecule is c1ccc(-c2nc(-c3ccc4c(c3)nc(-c3ccccc3)c3ccc5csnc5c34)nc3ccccc23)cc1. The van der Waals surface area contributed by atoms with Crippen molar-refractivity contribution in [1.82, 2.24) is 19.3 Å². The van der Waals surface area contributed by atoms with E-state index in [1.807, 2.05) is 42.5 Å². The van der Waals surface area contributed by atoms with Crippen LogP contribution in [0.3, 0.4) is 0 Å². The third-order valence-corrected chi connectivity index (χ3v) is 7.89. The molecule has 39 heavy (non-hydrogen) atoms. The third kappa shape index (κ3) is 3.59. The van der Waals surface area contributed by atoms with Crippen molar-refractivity contribution in [1.29, 1.82) is 0 Å². The average Bonchev–Trinajstić information content (AvgIpc) is 3.50. The molecule has 8 rings (SSSR count). The molecule has 0 radical (unpaired) electrons. The van der Waals surface area contributed by atoms with Gasteiger partial charge in [-0.3, -0.25) is 0 Å². The Hall–Kier alpha value is -5.00. The van der Waals surface area contributed by atoms with E-state index in [2.05, 4.69) is 78.2 Å². The molecule has 0 amide bonds. The number of hydrogen-bond acceptors (Lipinski definition) is 5. The number of aromatic nitrogens is 4. The lowest BCUT2D eigenvalue weighted by Crippen LogP contribution is -1.96. The molecule has 182 valence electrons. The topological polar surface area (TPSA) is 51.6 Å². The number of fused-ring (bicyclic) bond motifs is 6. The number of rotatable bonds is 3. The zero-order chi connectivity index (χ0) is 25.8. The van der Waals surface area contributed by atoms with Crippen molar-refractivity contribution < 1.29 is 0 Å². The highest BCUT2D eigenvalue weighted by molar-refractivity contribution is 7.04. The van der Waals surface area contributed by atoms with Crippen LogP contribution in [0.15, 0.2) is 121 Å². The molecule has 4 nitrogen and oxygen atoms in total. The Kier molecular flexibility index (Phi) is 4.96. The minimum Gasteiger partial charge on any atom is -0.247 e. The quantitative estimate of drug-likeness (QED) is 0.220. The van der Waals surface area contributed by atoms with Gasteiger partial charge in [0.05, 0.1) is 27.9 Å². The lowest BCUT2D eigenvalue weighted by Gasteiger charge is -2.13. The van der Waals surface area contributed by atoms with Crippen LogP contribution in [0.1, 0.15) is 0 Å². The molecular formula is C34H20N4S. The van der Waals surface area contributed by atoms with E-state index < -0.39 is 0 Å². The summed E-state index contributed by atoms with van der Waals surface area (Å²) in [5, 5.41) is 7.60. The molecule has 0 bridgehead atoms. The highest BCUT2D eigenvalue weighted by Gasteiger charge is 2.17. The monoisotopic (exact) mass is 516 g/mol. The number of hydrogen-bond donors (Lipinski definition) is 0. The van der Waals surface area contributed by atoms with E-state index in [9.17, 15) is 0 Å². The lowest BCUT2D eigenvalue weighted by molar-refractivity contribution is 1.23. The minimum atomic E-state index is 0.685. The molecule has 3 heterocycles. The molecule has 0 N–H and O–H groups in total. The Morgan fingerprint density at radius 2 is 1.18 bits per heavy atom. The zero-order valence-corrected chi connectivity index (χ0v) is 21.6. The maximum Gasteiger partial charge on any atom is 0.160 e. The molecule has 0 atom stereocenters. The van der Waals surface area contributed by atoms with Crippen LogP contribution in [0.2, 0.25) is 0 Å². The third-order valence-electron chi connectivity index (χ3n) is 7.24. The van der Waals surface area contributed by atoms with Gasteiger partial charge in [-0.1, -0.05) is 103 Å². The molecule has 8 aromatic rings. The van der Waals surface area contributed by atoms with Crippen LogP contribution in [0.4, 0.5) is 0 Å². The minimum absolute atomic E-state index is 0.685. The van der Waals surface area contributed by atoms with Crippen molar-refractivity contribution >= 4 is 55.0 Å². The largest absolute Gasteiger partial charge is 0.247 e. The summed E-state index contributed by atoms with van der Waals surface area (Å²) in [6.45, 7) is 0. The van der Waals surface area contributed by atoms with E-state index in [0.29, 0.717) is 5.82 Å². The van der Waals surface area contributed by atoms with Gasteiger partial charge in [0.2, 0.25) is 0 Å². The summed E-state index contributed by atoms with van der Waals surface area (Å²) < 4.78 is 4.78. The van der Waals surface area contributed by atoms with Crippen LogP contribution in [0, 0.1) is 0 Å². The average molecular weight is 517 g/mol. The van der Waals surface area contributed by atoms with Crippen molar-refractivity contribution in [2.75, 3.05) is 0 Å². The van der Waals surface area contributed by atoms with Crippen LogP contribution in [-0.2, 0) is 0 Å². The number of pyridine rings is 1. The second-order valence-corrected chi connectivity index (χ2v) is 10.2. The molecule has 0 aliphatic rings. The van der Waals surface area contributed by atoms with Gasteiger partial charge in [0.25, 0.3) is 0 Å². The van der Waals surface area contributed by atoms with Gasteiger partial charge in [-0.25, -0.2) is 15.0 Å². The van der Waals surface area contributed by atoms with Gasteiger partial charge in [-0.05, 0) is 23.7 Å².